The summed E-state index contributed by atoms with van der Waals surface area (Å²) >= 11 is 0. The Hall–Kier alpha value is -2.82. The maximum atomic E-state index is 13.9. The number of carbonyl (C=O) groups excluding carboxylic acids is 1. The zero-order valence-electron chi connectivity index (χ0n) is 17.9. The van der Waals surface area contributed by atoms with Crippen LogP contribution in [0.3, 0.4) is 0 Å². The van der Waals surface area contributed by atoms with E-state index in [1.807, 2.05) is 0 Å². The Morgan fingerprint density at radius 3 is 2.61 bits per heavy atom. The van der Waals surface area contributed by atoms with Gasteiger partial charge in [-0.05, 0) is 43.0 Å². The number of benzene rings is 1. The minimum atomic E-state index is -4.49. The molecule has 2 atom stereocenters. The van der Waals surface area contributed by atoms with Gasteiger partial charge in [0, 0.05) is 50.9 Å². The molecular weight excluding hydrogens is 450 g/mol. The van der Waals surface area contributed by atoms with Crippen LogP contribution in [0.4, 0.5) is 32.2 Å². The fraction of sp³-hybridized carbons (Fsp3) is 0.455. The summed E-state index contributed by atoms with van der Waals surface area (Å²) in [4.78, 5) is 20.0. The monoisotopic (exact) mass is 474 g/mol. The molecule has 5 nitrogen and oxygen atoms in total. The molecule has 1 aromatic carbocycles. The average molecular weight is 474 g/mol. The number of likely N-dealkylation sites (tertiary alicyclic amines) is 1. The Labute approximate surface area is 187 Å². The van der Waals surface area contributed by atoms with Crippen molar-refractivity contribution in [2.24, 2.45) is 5.73 Å². The van der Waals surface area contributed by atoms with Gasteiger partial charge in [0.05, 0.1) is 5.56 Å². The molecule has 1 fully saturated rings. The van der Waals surface area contributed by atoms with Gasteiger partial charge in [-0.15, -0.1) is 0 Å². The van der Waals surface area contributed by atoms with Gasteiger partial charge in [0.2, 0.25) is 5.91 Å². The number of amides is 1. The van der Waals surface area contributed by atoms with Gasteiger partial charge < -0.3 is 15.5 Å². The number of rotatable bonds is 7. The van der Waals surface area contributed by atoms with Crippen LogP contribution < -0.4 is 10.6 Å². The van der Waals surface area contributed by atoms with E-state index in [4.69, 9.17) is 5.73 Å². The van der Waals surface area contributed by atoms with Crippen molar-refractivity contribution in [1.82, 2.24) is 9.88 Å². The molecule has 3 rings (SSSR count). The molecule has 1 aliphatic rings. The van der Waals surface area contributed by atoms with Gasteiger partial charge in [0.15, 0.2) is 11.6 Å². The number of pyridine rings is 1. The van der Waals surface area contributed by atoms with E-state index in [0.29, 0.717) is 25.5 Å². The number of nitrogens with zero attached hydrogens (tertiary/aromatic N) is 3. The highest BCUT2D eigenvalue weighted by Gasteiger charge is 2.33. The maximum absolute atomic E-state index is 13.9. The largest absolute Gasteiger partial charge is 0.416 e. The first-order chi connectivity index (χ1) is 15.5. The van der Waals surface area contributed by atoms with E-state index in [1.165, 1.54) is 0 Å². The predicted octanol–water partition coefficient (Wildman–Crippen LogP) is 3.91. The van der Waals surface area contributed by atoms with Crippen LogP contribution in [0.2, 0.25) is 0 Å². The van der Waals surface area contributed by atoms with Crippen molar-refractivity contribution in [2.75, 3.05) is 25.0 Å². The Bertz CT molecular complexity index is 999. The van der Waals surface area contributed by atoms with E-state index in [9.17, 15) is 31.1 Å². The van der Waals surface area contributed by atoms with Crippen LogP contribution in [-0.2, 0) is 17.4 Å². The third-order valence-electron chi connectivity index (χ3n) is 5.65. The van der Waals surface area contributed by atoms with E-state index in [1.54, 1.807) is 16.8 Å². The normalized spacial score (nSPS) is 17.3. The van der Waals surface area contributed by atoms with Gasteiger partial charge in [0.1, 0.15) is 11.6 Å². The van der Waals surface area contributed by atoms with Crippen molar-refractivity contribution in [1.29, 1.82) is 0 Å². The van der Waals surface area contributed by atoms with E-state index >= 15 is 0 Å². The van der Waals surface area contributed by atoms with Crippen LogP contribution in [0.1, 0.15) is 30.4 Å². The number of likely N-dealkylation sites (N-methyl/N-ethyl adjacent to an activating group) is 1. The molecule has 2 heterocycles. The molecule has 0 aliphatic carbocycles. The quantitative estimate of drug-likeness (QED) is 0.489. The van der Waals surface area contributed by atoms with Crippen LogP contribution in [0.25, 0.3) is 0 Å². The lowest BCUT2D eigenvalue weighted by molar-refractivity contribution is -0.137. The van der Waals surface area contributed by atoms with Crippen LogP contribution in [0.15, 0.2) is 30.5 Å². The van der Waals surface area contributed by atoms with Gasteiger partial charge in [0.25, 0.3) is 0 Å². The molecule has 11 heteroatoms. The minimum Gasteiger partial charge on any atom is -0.358 e. The van der Waals surface area contributed by atoms with Crippen LogP contribution in [-0.4, -0.2) is 48.0 Å². The highest BCUT2D eigenvalue weighted by atomic mass is 19.4. The van der Waals surface area contributed by atoms with Gasteiger partial charge in [-0.25, -0.2) is 18.2 Å². The van der Waals surface area contributed by atoms with E-state index < -0.39 is 35.2 Å². The van der Waals surface area contributed by atoms with Gasteiger partial charge in [-0.2, -0.15) is 13.2 Å². The van der Waals surface area contributed by atoms with Crippen molar-refractivity contribution in [2.45, 2.75) is 43.9 Å². The molecule has 1 aliphatic heterocycles. The summed E-state index contributed by atoms with van der Waals surface area (Å²) in [5, 5.41) is 0. The Morgan fingerprint density at radius 1 is 1.21 bits per heavy atom. The van der Waals surface area contributed by atoms with Gasteiger partial charge >= 0.3 is 6.18 Å². The van der Waals surface area contributed by atoms with Crippen LogP contribution in [0, 0.1) is 17.5 Å². The first-order valence-corrected chi connectivity index (χ1v) is 10.4. The third kappa shape index (κ3) is 6.16. The molecule has 0 spiro atoms. The SMILES string of the molecule is CN(CC1CCCN1C(=O)CC(N)Cc1cc(F)c(F)cc1F)c1cc(C(F)(F)F)ccn1. The summed E-state index contributed by atoms with van der Waals surface area (Å²) in [5.74, 6) is -3.60. The fourth-order valence-electron chi connectivity index (χ4n) is 3.98. The number of anilines is 1. The molecule has 2 aromatic rings. The molecule has 1 aromatic heterocycles. The summed E-state index contributed by atoms with van der Waals surface area (Å²) in [6.45, 7) is 0.729. The van der Waals surface area contributed by atoms with Crippen molar-refractivity contribution >= 4 is 11.7 Å². The zero-order chi connectivity index (χ0) is 24.3. The number of nitrogens with two attached hydrogens (primary N) is 1. The summed E-state index contributed by atoms with van der Waals surface area (Å²) in [5.41, 5.74) is 5.04. The number of carbonyl (C=O) groups is 1. The van der Waals surface area contributed by atoms with E-state index in [2.05, 4.69) is 4.98 Å². The number of halogens is 6. The summed E-state index contributed by atoms with van der Waals surface area (Å²) < 4.78 is 79.3. The van der Waals surface area contributed by atoms with Crippen LogP contribution in [0.5, 0.6) is 0 Å². The fourth-order valence-corrected chi connectivity index (χ4v) is 3.98. The highest BCUT2D eigenvalue weighted by molar-refractivity contribution is 5.77. The first-order valence-electron chi connectivity index (χ1n) is 10.4. The second kappa shape index (κ2) is 9.98. The molecule has 33 heavy (non-hydrogen) atoms. The van der Waals surface area contributed by atoms with E-state index in [0.717, 1.165) is 24.4 Å². The molecule has 0 radical (unpaired) electrons. The van der Waals surface area contributed by atoms with Crippen molar-refractivity contribution in [3.63, 3.8) is 0 Å². The summed E-state index contributed by atoms with van der Waals surface area (Å²) in [6, 6.07) is 1.93. The molecule has 1 amide bonds. The summed E-state index contributed by atoms with van der Waals surface area (Å²) in [6.07, 6.45) is -2.32. The zero-order valence-corrected chi connectivity index (χ0v) is 17.9. The van der Waals surface area contributed by atoms with Crippen molar-refractivity contribution in [3.05, 3.63) is 59.0 Å². The molecule has 180 valence electrons. The number of alkyl halides is 3. The topological polar surface area (TPSA) is 62.5 Å². The molecule has 2 N–H and O–H groups in total. The lowest BCUT2D eigenvalue weighted by atomic mass is 10.0. The van der Waals surface area contributed by atoms with Gasteiger partial charge in [-0.3, -0.25) is 4.79 Å². The smallest absolute Gasteiger partial charge is 0.358 e. The van der Waals surface area contributed by atoms with Crippen molar-refractivity contribution < 1.29 is 31.1 Å². The average Bonchev–Trinajstić information content (AvgIpc) is 3.19. The number of hydrogen-bond donors (Lipinski definition) is 1. The van der Waals surface area contributed by atoms with Gasteiger partial charge in [-0.1, -0.05) is 0 Å². The molecule has 0 bridgehead atoms. The lowest BCUT2D eigenvalue weighted by Gasteiger charge is -2.30. The first kappa shape index (κ1) is 24.8. The van der Waals surface area contributed by atoms with Crippen LogP contribution >= 0.6 is 0 Å². The maximum Gasteiger partial charge on any atom is 0.416 e. The number of hydrogen-bond acceptors (Lipinski definition) is 4. The third-order valence-corrected chi connectivity index (χ3v) is 5.65. The molecule has 2 unspecified atom stereocenters. The second-order valence-corrected chi connectivity index (χ2v) is 8.19. The Kier molecular flexibility index (Phi) is 7.51. The number of aromatic nitrogens is 1. The standard InChI is InChI=1S/C22H24F6N4O/c1-31(20-9-14(4-5-30-20)22(26,27)28)12-16-3-2-6-32(16)21(33)10-15(29)7-13-8-18(24)19(25)11-17(13)23/h4-5,8-9,11,15-16H,2-3,6-7,10,12,29H2,1H3. The molecule has 1 saturated heterocycles. The minimum absolute atomic E-state index is 0.123. The Balaban J connectivity index is 1.61. The Morgan fingerprint density at radius 2 is 1.91 bits per heavy atom. The van der Waals surface area contributed by atoms with Crippen molar-refractivity contribution in [3.8, 4) is 0 Å². The lowest BCUT2D eigenvalue weighted by Crippen LogP contribution is -2.44. The second-order valence-electron chi connectivity index (χ2n) is 8.19. The predicted molar refractivity (Wildman–Crippen MR) is 110 cm³/mol. The molecule has 0 saturated carbocycles. The summed E-state index contributed by atoms with van der Waals surface area (Å²) in [7, 11) is 1.60. The highest BCUT2D eigenvalue weighted by Crippen LogP contribution is 2.31. The molecular formula is C22H24F6N4O. The van der Waals surface area contributed by atoms with E-state index in [-0.39, 0.29) is 42.7 Å².